The predicted molar refractivity (Wildman–Crippen MR) is 81.6 cm³/mol. The van der Waals surface area contributed by atoms with E-state index >= 15 is 0 Å². The second-order valence-electron chi connectivity index (χ2n) is 4.89. The first-order valence-corrected chi connectivity index (χ1v) is 7.93. The number of ether oxygens (including phenoxy) is 1. The summed E-state index contributed by atoms with van der Waals surface area (Å²) in [6.45, 7) is 0.0797. The van der Waals surface area contributed by atoms with Gasteiger partial charge in [-0.1, -0.05) is 30.3 Å². The number of aromatic nitrogens is 1. The summed E-state index contributed by atoms with van der Waals surface area (Å²) in [5, 5.41) is 8.77. The number of oxazole rings is 1. The molecule has 2 heterocycles. The first-order valence-electron chi connectivity index (χ1n) is 6.88. The number of rotatable bonds is 4. The lowest BCUT2D eigenvalue weighted by Crippen LogP contribution is -2.43. The van der Waals surface area contributed by atoms with E-state index in [9.17, 15) is 14.7 Å². The lowest BCUT2D eigenvalue weighted by Gasteiger charge is -2.25. The molecule has 1 aliphatic heterocycles. The van der Waals surface area contributed by atoms with E-state index in [4.69, 9.17) is 9.15 Å². The molecular weight excluding hydrogens is 320 g/mol. The summed E-state index contributed by atoms with van der Waals surface area (Å²) in [5.74, 6) is -0.382. The topological polar surface area (TPSA) is 92.9 Å². The van der Waals surface area contributed by atoms with E-state index in [0.717, 1.165) is 5.56 Å². The number of carbonyl (C=O) groups excluding carboxylic acids is 1. The van der Waals surface area contributed by atoms with Crippen molar-refractivity contribution in [1.29, 1.82) is 0 Å². The third-order valence-electron chi connectivity index (χ3n) is 3.40. The normalized spacial score (nSPS) is 20.4. The number of aliphatic carboxylic acids is 1. The summed E-state index contributed by atoms with van der Waals surface area (Å²) in [5.41, 5.74) is 0.829. The Kier molecular flexibility index (Phi) is 4.52. The Morgan fingerprint density at radius 2 is 2.17 bits per heavy atom. The molecule has 2 aromatic rings. The zero-order valence-electron chi connectivity index (χ0n) is 12.0. The molecule has 0 bridgehead atoms. The Labute approximate surface area is 136 Å². The van der Waals surface area contributed by atoms with Gasteiger partial charge in [0.15, 0.2) is 12.2 Å². The Balaban J connectivity index is 1.74. The Bertz CT molecular complexity index is 676. The van der Waals surface area contributed by atoms with Crippen molar-refractivity contribution in [1.82, 2.24) is 9.88 Å². The summed E-state index contributed by atoms with van der Waals surface area (Å²) < 4.78 is 10.5. The fourth-order valence-electron chi connectivity index (χ4n) is 2.28. The second kappa shape index (κ2) is 6.74. The van der Waals surface area contributed by atoms with Crippen LogP contribution in [0.5, 0.6) is 0 Å². The molecular formula is C15H14N2O5S. The molecule has 0 radical (unpaired) electrons. The van der Waals surface area contributed by atoms with Gasteiger partial charge in [0.25, 0.3) is 0 Å². The molecule has 0 aliphatic carbocycles. The van der Waals surface area contributed by atoms with Gasteiger partial charge in [-0.3, -0.25) is 4.90 Å². The molecule has 1 fully saturated rings. The molecule has 120 valence electrons. The van der Waals surface area contributed by atoms with Gasteiger partial charge in [-0.25, -0.2) is 14.6 Å². The number of carboxylic acids is 1. The molecule has 0 saturated carbocycles. The lowest BCUT2D eigenvalue weighted by atomic mass is 10.2. The lowest BCUT2D eigenvalue weighted by molar-refractivity contribution is -0.141. The quantitative estimate of drug-likeness (QED) is 0.918. The summed E-state index contributed by atoms with van der Waals surface area (Å²) in [6, 6.07) is 8.24. The van der Waals surface area contributed by atoms with Gasteiger partial charge in [0.1, 0.15) is 18.0 Å². The van der Waals surface area contributed by atoms with E-state index in [-0.39, 0.29) is 12.4 Å². The van der Waals surface area contributed by atoms with Crippen LogP contribution in [0.1, 0.15) is 16.7 Å². The fourth-order valence-corrected chi connectivity index (χ4v) is 3.62. The van der Waals surface area contributed by atoms with Crippen LogP contribution < -0.4 is 0 Å². The van der Waals surface area contributed by atoms with Crippen molar-refractivity contribution in [3.8, 4) is 0 Å². The van der Waals surface area contributed by atoms with E-state index in [1.165, 1.54) is 29.3 Å². The van der Waals surface area contributed by atoms with Crippen molar-refractivity contribution in [3.05, 3.63) is 54.2 Å². The van der Waals surface area contributed by atoms with Crippen LogP contribution in [0.25, 0.3) is 0 Å². The third kappa shape index (κ3) is 3.31. The van der Waals surface area contributed by atoms with E-state index in [0.29, 0.717) is 5.76 Å². The number of carbonyl (C=O) groups is 2. The van der Waals surface area contributed by atoms with Gasteiger partial charge in [-0.2, -0.15) is 0 Å². The summed E-state index contributed by atoms with van der Waals surface area (Å²) in [7, 11) is 0. The average Bonchev–Trinajstić information content (AvgIpc) is 3.22. The van der Waals surface area contributed by atoms with Crippen LogP contribution in [0.4, 0.5) is 4.79 Å². The maximum Gasteiger partial charge on any atom is 0.412 e. The summed E-state index contributed by atoms with van der Waals surface area (Å²) in [6.07, 6.45) is 2.03. The van der Waals surface area contributed by atoms with Gasteiger partial charge in [-0.15, -0.1) is 11.8 Å². The molecule has 1 N–H and O–H groups in total. The maximum atomic E-state index is 12.4. The van der Waals surface area contributed by atoms with Crippen LogP contribution in [0.15, 0.2) is 47.3 Å². The number of thioether (sulfide) groups is 1. The van der Waals surface area contributed by atoms with E-state index in [1.807, 2.05) is 30.3 Å². The van der Waals surface area contributed by atoms with Gasteiger partial charge in [0.05, 0.1) is 6.20 Å². The van der Waals surface area contributed by atoms with Crippen LogP contribution in [0.2, 0.25) is 0 Å². The highest BCUT2D eigenvalue weighted by Crippen LogP contribution is 2.41. The Morgan fingerprint density at radius 3 is 2.83 bits per heavy atom. The average molecular weight is 334 g/mol. The fraction of sp³-hybridized carbons (Fsp3) is 0.267. The smallest absolute Gasteiger partial charge is 0.412 e. The molecule has 23 heavy (non-hydrogen) atoms. The highest BCUT2D eigenvalue weighted by molar-refractivity contribution is 7.99. The molecule has 2 unspecified atom stereocenters. The molecule has 1 aromatic heterocycles. The standard InChI is InChI=1S/C15H14N2O5S/c18-14(19)11-8-23-13(12-6-16-9-22-12)17(11)15(20)21-7-10-4-2-1-3-5-10/h1-6,9,11,13H,7-8H2,(H,18,19). The SMILES string of the molecule is O=C(O)C1CSC(c2cnco2)N1C(=O)OCc1ccccc1. The minimum absolute atomic E-state index is 0.0797. The molecule has 1 amide bonds. The van der Waals surface area contributed by atoms with Gasteiger partial charge >= 0.3 is 12.1 Å². The van der Waals surface area contributed by atoms with Crippen molar-refractivity contribution < 1.29 is 23.8 Å². The minimum Gasteiger partial charge on any atom is -0.480 e. The van der Waals surface area contributed by atoms with Crippen molar-refractivity contribution in [3.63, 3.8) is 0 Å². The molecule has 8 heteroatoms. The molecule has 0 spiro atoms. The predicted octanol–water partition coefficient (Wildman–Crippen LogP) is 2.51. The zero-order chi connectivity index (χ0) is 16.2. The largest absolute Gasteiger partial charge is 0.480 e. The van der Waals surface area contributed by atoms with Crippen molar-refractivity contribution in [2.45, 2.75) is 18.0 Å². The zero-order valence-corrected chi connectivity index (χ0v) is 12.8. The number of amides is 1. The van der Waals surface area contributed by atoms with E-state index in [1.54, 1.807) is 0 Å². The molecule has 1 aliphatic rings. The number of hydrogen-bond donors (Lipinski definition) is 1. The van der Waals surface area contributed by atoms with Crippen molar-refractivity contribution in [2.24, 2.45) is 0 Å². The molecule has 3 rings (SSSR count). The molecule has 1 aromatic carbocycles. The van der Waals surface area contributed by atoms with Crippen molar-refractivity contribution in [2.75, 3.05) is 5.75 Å². The summed E-state index contributed by atoms with van der Waals surface area (Å²) >= 11 is 1.31. The Morgan fingerprint density at radius 1 is 1.39 bits per heavy atom. The first kappa shape index (κ1) is 15.4. The first-order chi connectivity index (χ1) is 11.2. The highest BCUT2D eigenvalue weighted by atomic mass is 32.2. The summed E-state index contributed by atoms with van der Waals surface area (Å²) in [4.78, 5) is 28.8. The molecule has 7 nitrogen and oxygen atoms in total. The van der Waals surface area contributed by atoms with Crippen LogP contribution in [0, 0.1) is 0 Å². The van der Waals surface area contributed by atoms with Crippen LogP contribution in [-0.4, -0.2) is 38.8 Å². The van der Waals surface area contributed by atoms with Gasteiger partial charge < -0.3 is 14.3 Å². The second-order valence-corrected chi connectivity index (χ2v) is 6.00. The number of carboxylic acid groups (broad SMARTS) is 1. The van der Waals surface area contributed by atoms with Gasteiger partial charge in [0, 0.05) is 5.75 Å². The number of benzene rings is 1. The van der Waals surface area contributed by atoms with Gasteiger partial charge in [-0.05, 0) is 5.56 Å². The monoisotopic (exact) mass is 334 g/mol. The Hall–Kier alpha value is -2.48. The van der Waals surface area contributed by atoms with Crippen molar-refractivity contribution >= 4 is 23.8 Å². The maximum absolute atomic E-state index is 12.4. The van der Waals surface area contributed by atoms with E-state index < -0.39 is 23.5 Å². The molecule has 1 saturated heterocycles. The third-order valence-corrected chi connectivity index (χ3v) is 4.68. The van der Waals surface area contributed by atoms with Crippen LogP contribution in [0.3, 0.4) is 0 Å². The van der Waals surface area contributed by atoms with Gasteiger partial charge in [0.2, 0.25) is 0 Å². The number of nitrogens with zero attached hydrogens (tertiary/aromatic N) is 2. The van der Waals surface area contributed by atoms with Crippen LogP contribution >= 0.6 is 11.8 Å². The number of hydrogen-bond acceptors (Lipinski definition) is 6. The molecule has 2 atom stereocenters. The van der Waals surface area contributed by atoms with Crippen LogP contribution in [-0.2, 0) is 16.1 Å². The minimum atomic E-state index is -1.07. The highest BCUT2D eigenvalue weighted by Gasteiger charge is 2.44. The van der Waals surface area contributed by atoms with E-state index in [2.05, 4.69) is 4.98 Å².